The summed E-state index contributed by atoms with van der Waals surface area (Å²) in [5.41, 5.74) is 0.382. The maximum atomic E-state index is 13.3. The van der Waals surface area contributed by atoms with Crippen molar-refractivity contribution in [2.75, 3.05) is 0 Å². The van der Waals surface area contributed by atoms with Crippen molar-refractivity contribution in [1.29, 1.82) is 0 Å². The topological polar surface area (TPSA) is 17.0 Å². The van der Waals surface area contributed by atoms with Gasteiger partial charge in [0.1, 0.15) is 5.69 Å². The molecule has 108 valence electrons. The molecule has 0 bridgehead atoms. The molecule has 1 saturated carbocycles. The fourth-order valence-corrected chi connectivity index (χ4v) is 2.91. The van der Waals surface area contributed by atoms with Gasteiger partial charge in [-0.3, -0.25) is 0 Å². The normalized spacial score (nSPS) is 16.1. The van der Waals surface area contributed by atoms with E-state index in [2.05, 4.69) is 21.2 Å². The van der Waals surface area contributed by atoms with Gasteiger partial charge in [0.15, 0.2) is 0 Å². The molecule has 0 atom stereocenters. The SMILES string of the molecule is Cn1c(C(F)(F)F)c(CNC2CC2)c2ccc(Br)cc21. The van der Waals surface area contributed by atoms with E-state index in [0.29, 0.717) is 22.5 Å². The number of halogens is 4. The molecule has 2 nitrogen and oxygen atoms in total. The Kier molecular flexibility index (Phi) is 3.33. The van der Waals surface area contributed by atoms with E-state index in [-0.39, 0.29) is 6.54 Å². The van der Waals surface area contributed by atoms with E-state index in [1.165, 1.54) is 11.6 Å². The number of benzene rings is 1. The van der Waals surface area contributed by atoms with Crippen molar-refractivity contribution in [1.82, 2.24) is 9.88 Å². The van der Waals surface area contributed by atoms with Crippen molar-refractivity contribution in [3.63, 3.8) is 0 Å². The first kappa shape index (κ1) is 13.9. The molecule has 6 heteroatoms. The van der Waals surface area contributed by atoms with Crippen molar-refractivity contribution in [3.05, 3.63) is 33.9 Å². The third-order valence-corrected chi connectivity index (χ3v) is 4.17. The van der Waals surface area contributed by atoms with E-state index >= 15 is 0 Å². The second-order valence-electron chi connectivity index (χ2n) is 5.20. The Bertz CT molecular complexity index is 656. The number of aryl methyl sites for hydroxylation is 1. The van der Waals surface area contributed by atoms with Crippen molar-refractivity contribution < 1.29 is 13.2 Å². The number of alkyl halides is 3. The van der Waals surface area contributed by atoms with Gasteiger partial charge in [-0.15, -0.1) is 0 Å². The molecule has 3 rings (SSSR count). The molecule has 0 amide bonds. The van der Waals surface area contributed by atoms with E-state index in [0.717, 1.165) is 17.3 Å². The molecular formula is C14H14BrF3N2. The van der Waals surface area contributed by atoms with Crippen LogP contribution in [-0.4, -0.2) is 10.6 Å². The van der Waals surface area contributed by atoms with Gasteiger partial charge in [0.2, 0.25) is 0 Å². The summed E-state index contributed by atoms with van der Waals surface area (Å²) in [5.74, 6) is 0. The number of rotatable bonds is 3. The molecule has 1 aromatic carbocycles. The minimum absolute atomic E-state index is 0.262. The van der Waals surface area contributed by atoms with E-state index in [9.17, 15) is 13.2 Å². The Morgan fingerprint density at radius 2 is 2.05 bits per heavy atom. The highest BCUT2D eigenvalue weighted by Crippen LogP contribution is 2.38. The Labute approximate surface area is 123 Å². The lowest BCUT2D eigenvalue weighted by atomic mass is 10.1. The van der Waals surface area contributed by atoms with Crippen LogP contribution in [-0.2, 0) is 19.8 Å². The highest BCUT2D eigenvalue weighted by atomic mass is 79.9. The van der Waals surface area contributed by atoms with Crippen LogP contribution in [0.5, 0.6) is 0 Å². The lowest BCUT2D eigenvalue weighted by Crippen LogP contribution is -2.20. The second kappa shape index (κ2) is 4.77. The summed E-state index contributed by atoms with van der Waals surface area (Å²) < 4.78 is 42.0. The first-order chi connectivity index (χ1) is 9.38. The lowest BCUT2D eigenvalue weighted by Gasteiger charge is -2.12. The molecule has 0 unspecified atom stereocenters. The number of fused-ring (bicyclic) bond motifs is 1. The van der Waals surface area contributed by atoms with E-state index < -0.39 is 11.9 Å². The van der Waals surface area contributed by atoms with Crippen molar-refractivity contribution >= 4 is 26.8 Å². The van der Waals surface area contributed by atoms with Gasteiger partial charge in [0.25, 0.3) is 0 Å². The van der Waals surface area contributed by atoms with Gasteiger partial charge in [-0.1, -0.05) is 22.0 Å². The fraction of sp³-hybridized carbons (Fsp3) is 0.429. The minimum Gasteiger partial charge on any atom is -0.340 e. The van der Waals surface area contributed by atoms with Crippen molar-refractivity contribution in [3.8, 4) is 0 Å². The van der Waals surface area contributed by atoms with E-state index in [1.54, 1.807) is 18.2 Å². The summed E-state index contributed by atoms with van der Waals surface area (Å²) in [6.07, 6.45) is -2.24. The van der Waals surface area contributed by atoms with Crippen LogP contribution in [0.15, 0.2) is 22.7 Å². The smallest absolute Gasteiger partial charge is 0.340 e. The summed E-state index contributed by atoms with van der Waals surface area (Å²) in [4.78, 5) is 0. The summed E-state index contributed by atoms with van der Waals surface area (Å²) in [6.45, 7) is 0.262. The summed E-state index contributed by atoms with van der Waals surface area (Å²) in [5, 5.41) is 3.84. The number of aromatic nitrogens is 1. The molecule has 1 aromatic heterocycles. The number of nitrogens with one attached hydrogen (secondary N) is 1. The van der Waals surface area contributed by atoms with E-state index in [1.807, 2.05) is 0 Å². The first-order valence-electron chi connectivity index (χ1n) is 6.45. The van der Waals surface area contributed by atoms with E-state index in [4.69, 9.17) is 0 Å². The molecule has 1 aliphatic rings. The molecule has 0 saturated heterocycles. The van der Waals surface area contributed by atoms with Gasteiger partial charge in [0, 0.05) is 40.6 Å². The molecule has 0 spiro atoms. The van der Waals surface area contributed by atoms with Gasteiger partial charge < -0.3 is 9.88 Å². The molecular weight excluding hydrogens is 333 g/mol. The van der Waals surface area contributed by atoms with Gasteiger partial charge in [-0.25, -0.2) is 0 Å². The molecule has 1 fully saturated rings. The number of hydrogen-bond acceptors (Lipinski definition) is 1. The van der Waals surface area contributed by atoms with Gasteiger partial charge in [0.05, 0.1) is 0 Å². The molecule has 2 aromatic rings. The Morgan fingerprint density at radius 3 is 2.65 bits per heavy atom. The molecule has 0 radical (unpaired) electrons. The summed E-state index contributed by atoms with van der Waals surface area (Å²) in [6, 6.07) is 5.63. The molecule has 0 aliphatic heterocycles. The first-order valence-corrected chi connectivity index (χ1v) is 7.24. The number of hydrogen-bond donors (Lipinski definition) is 1. The van der Waals surface area contributed by atoms with Crippen LogP contribution in [0.1, 0.15) is 24.1 Å². The van der Waals surface area contributed by atoms with Gasteiger partial charge in [-0.05, 0) is 25.0 Å². The zero-order valence-corrected chi connectivity index (χ0v) is 12.5. The predicted molar refractivity (Wildman–Crippen MR) is 75.5 cm³/mol. The quantitative estimate of drug-likeness (QED) is 0.880. The summed E-state index contributed by atoms with van der Waals surface area (Å²) in [7, 11) is 1.47. The molecule has 1 N–H and O–H groups in total. The largest absolute Gasteiger partial charge is 0.431 e. The Morgan fingerprint density at radius 1 is 1.35 bits per heavy atom. The van der Waals surface area contributed by atoms with Crippen LogP contribution in [0.3, 0.4) is 0 Å². The van der Waals surface area contributed by atoms with Crippen LogP contribution < -0.4 is 5.32 Å². The molecule has 20 heavy (non-hydrogen) atoms. The minimum atomic E-state index is -4.35. The monoisotopic (exact) mass is 346 g/mol. The number of nitrogens with zero attached hydrogens (tertiary/aromatic N) is 1. The van der Waals surface area contributed by atoms with Crippen LogP contribution in [0.4, 0.5) is 13.2 Å². The average molecular weight is 347 g/mol. The third-order valence-electron chi connectivity index (χ3n) is 3.68. The van der Waals surface area contributed by atoms with Crippen LogP contribution in [0.2, 0.25) is 0 Å². The highest BCUT2D eigenvalue weighted by molar-refractivity contribution is 9.10. The maximum Gasteiger partial charge on any atom is 0.431 e. The third kappa shape index (κ3) is 2.46. The van der Waals surface area contributed by atoms with Crippen LogP contribution in [0.25, 0.3) is 10.9 Å². The maximum absolute atomic E-state index is 13.3. The zero-order chi connectivity index (χ0) is 14.5. The standard InChI is InChI=1S/C14H14BrF3N2/c1-20-12-6-8(15)2-5-10(12)11(7-19-9-3-4-9)13(20)14(16,17)18/h2,5-6,9,19H,3-4,7H2,1H3. The van der Waals surface area contributed by atoms with Crippen LogP contribution >= 0.6 is 15.9 Å². The predicted octanol–water partition coefficient (Wildman–Crippen LogP) is 4.21. The summed E-state index contributed by atoms with van der Waals surface area (Å²) >= 11 is 3.31. The van der Waals surface area contributed by atoms with Crippen molar-refractivity contribution in [2.24, 2.45) is 7.05 Å². The second-order valence-corrected chi connectivity index (χ2v) is 6.12. The molecule has 1 aliphatic carbocycles. The van der Waals surface area contributed by atoms with Gasteiger partial charge in [-0.2, -0.15) is 13.2 Å². The highest BCUT2D eigenvalue weighted by Gasteiger charge is 2.38. The van der Waals surface area contributed by atoms with Crippen molar-refractivity contribution in [2.45, 2.75) is 31.6 Å². The Balaban J connectivity index is 2.16. The fourth-order valence-electron chi connectivity index (χ4n) is 2.56. The zero-order valence-electron chi connectivity index (χ0n) is 10.9. The lowest BCUT2D eigenvalue weighted by molar-refractivity contribution is -0.143. The van der Waals surface area contributed by atoms with Crippen LogP contribution in [0, 0.1) is 0 Å². The van der Waals surface area contributed by atoms with Gasteiger partial charge >= 0.3 is 6.18 Å². The molecule has 1 heterocycles. The average Bonchev–Trinajstić information content (AvgIpc) is 3.12. The Hall–Kier alpha value is -1.01.